The van der Waals surface area contributed by atoms with Crippen molar-refractivity contribution in [3.05, 3.63) is 78.6 Å². The molecule has 0 radical (unpaired) electrons. The van der Waals surface area contributed by atoms with Gasteiger partial charge in [0.2, 0.25) is 0 Å². The van der Waals surface area contributed by atoms with Gasteiger partial charge in [0.05, 0.1) is 29.0 Å². The highest BCUT2D eigenvalue weighted by molar-refractivity contribution is 7.92. The molecule has 0 fully saturated rings. The number of nitrogens with one attached hydrogen (secondary N) is 1. The Hall–Kier alpha value is -3.39. The van der Waals surface area contributed by atoms with Gasteiger partial charge in [0.1, 0.15) is 5.75 Å². The molecule has 1 N–H and O–H groups in total. The number of benzene rings is 2. The summed E-state index contributed by atoms with van der Waals surface area (Å²) in [4.78, 5) is 17.1. The van der Waals surface area contributed by atoms with E-state index in [0.29, 0.717) is 17.1 Å². The van der Waals surface area contributed by atoms with E-state index < -0.39 is 22.0 Å². The number of carbonyl (C=O) groups is 1. The molecular formula is C24H25N3O4S. The lowest BCUT2D eigenvalue weighted by atomic mass is 9.86. The van der Waals surface area contributed by atoms with Crippen molar-refractivity contribution in [1.29, 1.82) is 0 Å². The van der Waals surface area contributed by atoms with Crippen molar-refractivity contribution in [2.75, 3.05) is 16.2 Å². The first kappa shape index (κ1) is 21.8. The minimum absolute atomic E-state index is 0.149. The number of ether oxygens (including phenoxy) is 1. The lowest BCUT2D eigenvalue weighted by Crippen LogP contribution is -2.49. The molecule has 1 atom stereocenters. The third-order valence-electron chi connectivity index (χ3n) is 5.25. The third-order valence-corrected chi connectivity index (χ3v) is 7.04. The summed E-state index contributed by atoms with van der Waals surface area (Å²) < 4.78 is 34.4. The van der Waals surface area contributed by atoms with Crippen molar-refractivity contribution in [3.63, 3.8) is 0 Å². The molecule has 0 aliphatic carbocycles. The number of carbonyl (C=O) groups excluding carboxylic acids is 1. The predicted molar refractivity (Wildman–Crippen MR) is 123 cm³/mol. The monoisotopic (exact) mass is 451 g/mol. The van der Waals surface area contributed by atoms with Crippen molar-refractivity contribution < 1.29 is 17.9 Å². The van der Waals surface area contributed by atoms with E-state index in [4.69, 9.17) is 4.74 Å². The predicted octanol–water partition coefficient (Wildman–Crippen LogP) is 3.97. The van der Waals surface area contributed by atoms with Crippen LogP contribution in [-0.2, 0) is 20.2 Å². The molecule has 2 heterocycles. The molecule has 0 saturated carbocycles. The van der Waals surface area contributed by atoms with E-state index in [0.717, 1.165) is 5.56 Å². The number of amides is 1. The van der Waals surface area contributed by atoms with Gasteiger partial charge >= 0.3 is 0 Å². The van der Waals surface area contributed by atoms with Crippen molar-refractivity contribution in [2.45, 2.75) is 37.2 Å². The van der Waals surface area contributed by atoms with E-state index in [-0.39, 0.29) is 16.9 Å². The molecule has 0 saturated heterocycles. The standard InChI is InChI=1S/C24H25N3O4S/c1-24(2,3)17-11-12-21-20(14-17)27(32(29,30)19-9-5-4-6-10-19)16-22(31-21)23(28)26-18-8-7-13-25-15-18/h4-15,22H,16H2,1-3H3,(H,26,28)/t22-/m1/s1. The summed E-state index contributed by atoms with van der Waals surface area (Å²) in [6.07, 6.45) is 2.09. The van der Waals surface area contributed by atoms with E-state index in [1.165, 1.54) is 10.5 Å². The Kier molecular flexibility index (Phi) is 5.64. The van der Waals surface area contributed by atoms with Crippen LogP contribution in [0.5, 0.6) is 5.75 Å². The molecule has 0 spiro atoms. The number of pyridine rings is 1. The summed E-state index contributed by atoms with van der Waals surface area (Å²) in [5, 5.41) is 2.74. The van der Waals surface area contributed by atoms with Gasteiger partial charge in [-0.15, -0.1) is 0 Å². The molecule has 0 bridgehead atoms. The average molecular weight is 452 g/mol. The van der Waals surface area contributed by atoms with Gasteiger partial charge in [-0.05, 0) is 47.4 Å². The normalized spacial score (nSPS) is 16.1. The number of sulfonamides is 1. The molecule has 0 unspecified atom stereocenters. The van der Waals surface area contributed by atoms with Crippen LogP contribution in [-0.4, -0.2) is 32.0 Å². The molecule has 32 heavy (non-hydrogen) atoms. The Labute approximate surface area is 188 Å². The highest BCUT2D eigenvalue weighted by atomic mass is 32.2. The zero-order valence-corrected chi connectivity index (χ0v) is 19.0. The second kappa shape index (κ2) is 8.27. The fourth-order valence-corrected chi connectivity index (χ4v) is 4.95. The van der Waals surface area contributed by atoms with Gasteiger partial charge in [0.25, 0.3) is 15.9 Å². The number of fused-ring (bicyclic) bond motifs is 1. The third kappa shape index (κ3) is 4.31. The van der Waals surface area contributed by atoms with Crippen LogP contribution < -0.4 is 14.4 Å². The Morgan fingerprint density at radius 1 is 1.09 bits per heavy atom. The van der Waals surface area contributed by atoms with E-state index in [2.05, 4.69) is 31.1 Å². The van der Waals surface area contributed by atoms with E-state index in [9.17, 15) is 13.2 Å². The minimum atomic E-state index is -3.92. The van der Waals surface area contributed by atoms with Crippen LogP contribution in [0.15, 0.2) is 78.0 Å². The van der Waals surface area contributed by atoms with Crippen LogP contribution in [0, 0.1) is 0 Å². The molecule has 1 aromatic heterocycles. The molecule has 7 nitrogen and oxygen atoms in total. The maximum Gasteiger partial charge on any atom is 0.267 e. The van der Waals surface area contributed by atoms with Gasteiger partial charge in [-0.25, -0.2) is 8.42 Å². The first-order valence-electron chi connectivity index (χ1n) is 10.3. The van der Waals surface area contributed by atoms with Gasteiger partial charge in [-0.1, -0.05) is 45.0 Å². The molecule has 1 aliphatic rings. The van der Waals surface area contributed by atoms with Crippen molar-refractivity contribution >= 4 is 27.3 Å². The smallest absolute Gasteiger partial charge is 0.267 e. The number of aromatic nitrogens is 1. The van der Waals surface area contributed by atoms with Crippen LogP contribution >= 0.6 is 0 Å². The molecule has 1 aliphatic heterocycles. The number of hydrogen-bond acceptors (Lipinski definition) is 5. The minimum Gasteiger partial charge on any atom is -0.476 e. The van der Waals surface area contributed by atoms with Gasteiger partial charge in [-0.3, -0.25) is 14.1 Å². The van der Waals surface area contributed by atoms with Crippen LogP contribution in [0.25, 0.3) is 0 Å². The Bertz CT molecular complexity index is 1220. The molecule has 1 amide bonds. The second-order valence-corrected chi connectivity index (χ2v) is 10.5. The Morgan fingerprint density at radius 2 is 1.84 bits per heavy atom. The molecule has 8 heteroatoms. The molecule has 3 aromatic rings. The molecule has 166 valence electrons. The van der Waals surface area contributed by atoms with Gasteiger partial charge in [0, 0.05) is 6.20 Å². The fourth-order valence-electron chi connectivity index (χ4n) is 3.46. The summed E-state index contributed by atoms with van der Waals surface area (Å²) in [6, 6.07) is 17.0. The van der Waals surface area contributed by atoms with Crippen molar-refractivity contribution in [1.82, 2.24) is 4.98 Å². The summed E-state index contributed by atoms with van der Waals surface area (Å²) >= 11 is 0. The topological polar surface area (TPSA) is 88.6 Å². The second-order valence-electron chi connectivity index (χ2n) is 8.62. The maximum atomic E-state index is 13.6. The first-order chi connectivity index (χ1) is 15.2. The number of anilines is 2. The van der Waals surface area contributed by atoms with Crippen LogP contribution in [0.3, 0.4) is 0 Å². The zero-order chi connectivity index (χ0) is 22.9. The van der Waals surface area contributed by atoms with Crippen molar-refractivity contribution in [2.24, 2.45) is 0 Å². The van der Waals surface area contributed by atoms with Crippen LogP contribution in [0.1, 0.15) is 26.3 Å². The van der Waals surface area contributed by atoms with Crippen LogP contribution in [0.2, 0.25) is 0 Å². The summed E-state index contributed by atoms with van der Waals surface area (Å²) in [6.45, 7) is 6.01. The van der Waals surface area contributed by atoms with Crippen molar-refractivity contribution in [3.8, 4) is 5.75 Å². The number of rotatable bonds is 4. The quantitative estimate of drug-likeness (QED) is 0.648. The first-order valence-corrected chi connectivity index (χ1v) is 11.7. The fraction of sp³-hybridized carbons (Fsp3) is 0.250. The van der Waals surface area contributed by atoms with E-state index >= 15 is 0 Å². The Balaban J connectivity index is 1.75. The number of nitrogens with zero attached hydrogens (tertiary/aromatic N) is 2. The summed E-state index contributed by atoms with van der Waals surface area (Å²) in [7, 11) is -3.92. The highest BCUT2D eigenvalue weighted by Gasteiger charge is 2.38. The van der Waals surface area contributed by atoms with Gasteiger partial charge < -0.3 is 10.1 Å². The Morgan fingerprint density at radius 3 is 2.50 bits per heavy atom. The largest absolute Gasteiger partial charge is 0.476 e. The lowest BCUT2D eigenvalue weighted by molar-refractivity contribution is -0.122. The maximum absolute atomic E-state index is 13.6. The van der Waals surface area contributed by atoms with Gasteiger partial charge in [-0.2, -0.15) is 0 Å². The zero-order valence-electron chi connectivity index (χ0n) is 18.1. The van der Waals surface area contributed by atoms with Crippen LogP contribution in [0.4, 0.5) is 11.4 Å². The summed E-state index contributed by atoms with van der Waals surface area (Å²) in [5.41, 5.74) is 1.71. The lowest BCUT2D eigenvalue weighted by Gasteiger charge is -2.36. The number of hydrogen-bond donors (Lipinski definition) is 1. The summed E-state index contributed by atoms with van der Waals surface area (Å²) in [5.74, 6) is -0.105. The molecular weight excluding hydrogens is 426 g/mol. The molecule has 2 aromatic carbocycles. The SMILES string of the molecule is CC(C)(C)c1ccc2c(c1)N(S(=O)(=O)c1ccccc1)C[C@H](C(=O)Nc1cccnc1)O2. The van der Waals surface area contributed by atoms with Gasteiger partial charge in [0.15, 0.2) is 6.10 Å². The highest BCUT2D eigenvalue weighted by Crippen LogP contribution is 2.40. The van der Waals surface area contributed by atoms with E-state index in [1.807, 2.05) is 12.1 Å². The average Bonchev–Trinajstić information content (AvgIpc) is 2.78. The molecule has 4 rings (SSSR count). The van der Waals surface area contributed by atoms with E-state index in [1.54, 1.807) is 54.7 Å².